The van der Waals surface area contributed by atoms with Gasteiger partial charge in [-0.3, -0.25) is 4.90 Å². The lowest BCUT2D eigenvalue weighted by molar-refractivity contribution is 0.188. The number of hydrogen-bond acceptors (Lipinski definition) is 7. The fraction of sp³-hybridized carbons (Fsp3) is 0.714. The molecule has 4 N–H and O–H groups in total. The van der Waals surface area contributed by atoms with E-state index in [1.54, 1.807) is 6.33 Å². The first-order valence-corrected chi connectivity index (χ1v) is 7.60. The molecule has 1 atom stereocenters. The second-order valence-corrected chi connectivity index (χ2v) is 5.47. The van der Waals surface area contributed by atoms with Gasteiger partial charge in [0.2, 0.25) is 0 Å². The van der Waals surface area contributed by atoms with Gasteiger partial charge in [-0.25, -0.2) is 9.97 Å². The Balaban J connectivity index is 2.05. The summed E-state index contributed by atoms with van der Waals surface area (Å²) in [5.41, 5.74) is 6.85. The van der Waals surface area contributed by atoms with Gasteiger partial charge in [0.15, 0.2) is 11.6 Å². The van der Waals surface area contributed by atoms with Crippen molar-refractivity contribution in [2.24, 2.45) is 0 Å². The molecule has 0 spiro atoms. The lowest BCUT2D eigenvalue weighted by Gasteiger charge is -2.35. The van der Waals surface area contributed by atoms with E-state index in [2.05, 4.69) is 38.9 Å². The molecule has 0 saturated carbocycles. The molecule has 7 heteroatoms. The Bertz CT molecular complexity index is 447. The number of nitrogen functional groups attached to an aromatic ring is 1. The number of β-amino-alcohol motifs (C(OH)–C–C–N with tert-alkyl or cyclic N) is 1. The third-order valence-electron chi connectivity index (χ3n) is 3.95. The van der Waals surface area contributed by atoms with Crippen LogP contribution in [0.4, 0.5) is 17.3 Å². The van der Waals surface area contributed by atoms with Gasteiger partial charge < -0.3 is 21.1 Å². The van der Waals surface area contributed by atoms with E-state index in [1.807, 2.05) is 0 Å². The molecule has 0 aromatic carbocycles. The quantitative estimate of drug-likeness (QED) is 0.699. The first-order valence-electron chi connectivity index (χ1n) is 7.60. The highest BCUT2D eigenvalue weighted by Gasteiger charge is 2.21. The van der Waals surface area contributed by atoms with Crippen molar-refractivity contribution in [1.29, 1.82) is 0 Å². The topological polar surface area (TPSA) is 90.5 Å². The zero-order valence-corrected chi connectivity index (χ0v) is 12.9. The van der Waals surface area contributed by atoms with E-state index in [9.17, 15) is 0 Å². The number of nitrogens with one attached hydrogen (secondary N) is 1. The average molecular weight is 294 g/mol. The summed E-state index contributed by atoms with van der Waals surface area (Å²) in [6.07, 6.45) is 2.58. The fourth-order valence-electron chi connectivity index (χ4n) is 2.41. The third-order valence-corrected chi connectivity index (χ3v) is 3.95. The van der Waals surface area contributed by atoms with Gasteiger partial charge in [-0.15, -0.1) is 0 Å². The summed E-state index contributed by atoms with van der Waals surface area (Å²) in [6.45, 7) is 8.72. The van der Waals surface area contributed by atoms with Gasteiger partial charge in [0.05, 0.1) is 6.61 Å². The second-order valence-electron chi connectivity index (χ2n) is 5.47. The average Bonchev–Trinajstić information content (AvgIpc) is 2.50. The molecule has 1 unspecified atom stereocenters. The Labute approximate surface area is 126 Å². The molecule has 1 aromatic rings. The maximum atomic E-state index is 8.99. The van der Waals surface area contributed by atoms with Crippen LogP contribution in [0.2, 0.25) is 0 Å². The van der Waals surface area contributed by atoms with Crippen molar-refractivity contribution >= 4 is 17.3 Å². The van der Waals surface area contributed by atoms with E-state index < -0.39 is 0 Å². The number of nitrogens with zero attached hydrogens (tertiary/aromatic N) is 4. The first kappa shape index (κ1) is 15.8. The third kappa shape index (κ3) is 3.95. The molecular formula is C14H26N6O. The van der Waals surface area contributed by atoms with Gasteiger partial charge in [0.1, 0.15) is 12.0 Å². The van der Waals surface area contributed by atoms with E-state index in [-0.39, 0.29) is 6.61 Å². The number of aliphatic hydroxyl groups is 1. The highest BCUT2D eigenvalue weighted by atomic mass is 16.3. The monoisotopic (exact) mass is 294 g/mol. The number of aromatic nitrogens is 2. The molecule has 0 aliphatic carbocycles. The minimum Gasteiger partial charge on any atom is -0.395 e. The summed E-state index contributed by atoms with van der Waals surface area (Å²) in [5.74, 6) is 1.52. The van der Waals surface area contributed by atoms with Crippen LogP contribution in [-0.2, 0) is 0 Å². The summed E-state index contributed by atoms with van der Waals surface area (Å²) in [5, 5.41) is 12.3. The molecule has 1 aliphatic rings. The highest BCUT2D eigenvalue weighted by Crippen LogP contribution is 2.27. The van der Waals surface area contributed by atoms with Gasteiger partial charge in [0.25, 0.3) is 0 Å². The van der Waals surface area contributed by atoms with Crippen LogP contribution in [0.15, 0.2) is 6.33 Å². The lowest BCUT2D eigenvalue weighted by Crippen LogP contribution is -2.47. The molecule has 0 bridgehead atoms. The molecule has 1 aliphatic heterocycles. The van der Waals surface area contributed by atoms with Crippen LogP contribution in [0, 0.1) is 0 Å². The van der Waals surface area contributed by atoms with Gasteiger partial charge >= 0.3 is 0 Å². The number of aliphatic hydroxyl groups excluding tert-OH is 1. The molecule has 7 nitrogen and oxygen atoms in total. The largest absolute Gasteiger partial charge is 0.395 e. The molecule has 118 valence electrons. The molecule has 21 heavy (non-hydrogen) atoms. The van der Waals surface area contributed by atoms with Crippen LogP contribution in [0.5, 0.6) is 0 Å². The van der Waals surface area contributed by atoms with Gasteiger partial charge in [-0.1, -0.05) is 6.92 Å². The van der Waals surface area contributed by atoms with E-state index in [0.717, 1.165) is 45.0 Å². The molecular weight excluding hydrogens is 268 g/mol. The Hall–Kier alpha value is -1.60. The zero-order chi connectivity index (χ0) is 15.2. The van der Waals surface area contributed by atoms with Crippen molar-refractivity contribution in [3.8, 4) is 0 Å². The SMILES string of the molecule is CCC(C)Nc1ncnc(N2CCN(CCO)CC2)c1N. The number of rotatable bonds is 6. The highest BCUT2D eigenvalue weighted by molar-refractivity contribution is 5.75. The normalized spacial score (nSPS) is 17.8. The standard InChI is InChI=1S/C14H26N6O/c1-3-11(2)18-13-12(15)14(17-10-16-13)20-6-4-19(5-7-20)8-9-21/h10-11,21H,3-9,15H2,1-2H3,(H,16,17,18). The fourth-order valence-corrected chi connectivity index (χ4v) is 2.41. The predicted octanol–water partition coefficient (Wildman–Crippen LogP) is 0.384. The molecule has 2 heterocycles. The summed E-state index contributed by atoms with van der Waals surface area (Å²) >= 11 is 0. The van der Waals surface area contributed by atoms with Gasteiger partial charge in [-0.05, 0) is 13.3 Å². The lowest BCUT2D eigenvalue weighted by atomic mass is 10.2. The van der Waals surface area contributed by atoms with Crippen molar-refractivity contribution in [2.75, 3.05) is 55.3 Å². The first-order chi connectivity index (χ1) is 10.2. The van der Waals surface area contributed by atoms with Crippen molar-refractivity contribution in [1.82, 2.24) is 14.9 Å². The van der Waals surface area contributed by atoms with Crippen molar-refractivity contribution < 1.29 is 5.11 Å². The van der Waals surface area contributed by atoms with E-state index in [4.69, 9.17) is 10.8 Å². The van der Waals surface area contributed by atoms with Gasteiger partial charge in [-0.2, -0.15) is 0 Å². The van der Waals surface area contributed by atoms with Crippen molar-refractivity contribution in [3.63, 3.8) is 0 Å². The Kier molecular flexibility index (Phi) is 5.58. The zero-order valence-electron chi connectivity index (χ0n) is 12.9. The predicted molar refractivity (Wildman–Crippen MR) is 85.6 cm³/mol. The minimum absolute atomic E-state index is 0.207. The van der Waals surface area contributed by atoms with Crippen LogP contribution in [0.1, 0.15) is 20.3 Å². The Morgan fingerprint density at radius 2 is 2.05 bits per heavy atom. The molecule has 0 amide bonds. The molecule has 0 radical (unpaired) electrons. The molecule has 1 fully saturated rings. The van der Waals surface area contributed by atoms with Crippen LogP contribution < -0.4 is 16.0 Å². The van der Waals surface area contributed by atoms with Crippen molar-refractivity contribution in [2.45, 2.75) is 26.3 Å². The summed E-state index contributed by atoms with van der Waals surface area (Å²) in [7, 11) is 0. The number of piperazine rings is 1. The molecule has 1 saturated heterocycles. The summed E-state index contributed by atoms with van der Waals surface area (Å²) in [6, 6.07) is 0.330. The van der Waals surface area contributed by atoms with Crippen LogP contribution >= 0.6 is 0 Å². The number of hydrogen-bond donors (Lipinski definition) is 3. The minimum atomic E-state index is 0.207. The van der Waals surface area contributed by atoms with Crippen molar-refractivity contribution in [3.05, 3.63) is 6.33 Å². The summed E-state index contributed by atoms with van der Waals surface area (Å²) in [4.78, 5) is 13.0. The van der Waals surface area contributed by atoms with Crippen LogP contribution in [0.25, 0.3) is 0 Å². The van der Waals surface area contributed by atoms with Crippen LogP contribution in [-0.4, -0.2) is 65.3 Å². The van der Waals surface area contributed by atoms with E-state index >= 15 is 0 Å². The second kappa shape index (κ2) is 7.42. The Morgan fingerprint density at radius 3 is 2.67 bits per heavy atom. The number of nitrogens with two attached hydrogens (primary N) is 1. The maximum absolute atomic E-state index is 8.99. The maximum Gasteiger partial charge on any atom is 0.157 e. The Morgan fingerprint density at radius 1 is 1.33 bits per heavy atom. The smallest absolute Gasteiger partial charge is 0.157 e. The van der Waals surface area contributed by atoms with E-state index in [0.29, 0.717) is 17.5 Å². The molecule has 1 aromatic heterocycles. The molecule has 2 rings (SSSR count). The van der Waals surface area contributed by atoms with Crippen LogP contribution in [0.3, 0.4) is 0 Å². The van der Waals surface area contributed by atoms with Gasteiger partial charge in [0, 0.05) is 38.8 Å². The summed E-state index contributed by atoms with van der Waals surface area (Å²) < 4.78 is 0. The van der Waals surface area contributed by atoms with E-state index in [1.165, 1.54) is 0 Å². The number of anilines is 3.